The number of amides is 4. The molecule has 1 aliphatic rings. The predicted molar refractivity (Wildman–Crippen MR) is 207 cm³/mol. The molecular weight excluding hydrogens is 700 g/mol. The molecule has 2 rings (SSSR count). The van der Waals surface area contributed by atoms with Crippen LogP contribution < -0.4 is 10.6 Å². The Bertz CT molecular complexity index is 1380. The van der Waals surface area contributed by atoms with Crippen LogP contribution in [0, 0.1) is 17.8 Å². The van der Waals surface area contributed by atoms with Crippen LogP contribution in [-0.4, -0.2) is 129 Å². The first-order chi connectivity index (χ1) is 25.0. The molecule has 0 aliphatic carbocycles. The predicted octanol–water partition coefficient (Wildman–Crippen LogP) is 4.69. The molecule has 1 aliphatic heterocycles. The van der Waals surface area contributed by atoms with E-state index in [0.29, 0.717) is 37.4 Å². The summed E-state index contributed by atoms with van der Waals surface area (Å²) < 4.78 is 11.9. The molecule has 4 amide bonds. The normalized spacial score (nSPS) is 19.0. The molecule has 1 fully saturated rings. The van der Waals surface area contributed by atoms with Crippen molar-refractivity contribution in [2.45, 2.75) is 116 Å². The summed E-state index contributed by atoms with van der Waals surface area (Å²) in [6, 6.07) is 4.07. The Balaban J connectivity index is 2.26. The fourth-order valence-electron chi connectivity index (χ4n) is 7.58. The number of hydrogen-bond acceptors (Lipinski definition) is 8. The van der Waals surface area contributed by atoms with E-state index >= 15 is 0 Å². The maximum Gasteiger partial charge on any atom is 0.245 e. The van der Waals surface area contributed by atoms with Gasteiger partial charge in [-0.25, -0.2) is 0 Å². The first-order valence-corrected chi connectivity index (χ1v) is 19.1. The van der Waals surface area contributed by atoms with Crippen molar-refractivity contribution in [3.05, 3.63) is 45.3 Å². The highest BCUT2D eigenvalue weighted by molar-refractivity contribution is 6.30. The topological polar surface area (TPSA) is 169 Å². The molecular formula is C38H63ClN8O6. The molecule has 1 unspecified atom stereocenters. The highest BCUT2D eigenvalue weighted by atomic mass is 35.5. The Morgan fingerprint density at radius 3 is 2.21 bits per heavy atom. The van der Waals surface area contributed by atoms with Crippen molar-refractivity contribution in [1.82, 2.24) is 25.3 Å². The molecule has 14 nitrogen and oxygen atoms in total. The lowest BCUT2D eigenvalue weighted by Gasteiger charge is -2.41. The molecule has 2 N–H and O–H groups in total. The fourth-order valence-corrected chi connectivity index (χ4v) is 7.70. The van der Waals surface area contributed by atoms with Gasteiger partial charge in [0.2, 0.25) is 23.6 Å². The number of rotatable bonds is 21. The summed E-state index contributed by atoms with van der Waals surface area (Å²) in [5.41, 5.74) is 10.3. The van der Waals surface area contributed by atoms with Gasteiger partial charge >= 0.3 is 0 Å². The summed E-state index contributed by atoms with van der Waals surface area (Å²) >= 11 is 5.99. The molecule has 0 spiro atoms. The maximum absolute atomic E-state index is 14.3. The number of ether oxygens (including phenoxy) is 2. The van der Waals surface area contributed by atoms with Crippen LogP contribution in [0.2, 0.25) is 5.02 Å². The smallest absolute Gasteiger partial charge is 0.245 e. The lowest BCUT2D eigenvalue weighted by molar-refractivity contribution is -0.147. The monoisotopic (exact) mass is 762 g/mol. The Morgan fingerprint density at radius 2 is 1.68 bits per heavy atom. The van der Waals surface area contributed by atoms with Gasteiger partial charge in [0.25, 0.3) is 0 Å². The summed E-state index contributed by atoms with van der Waals surface area (Å²) in [6.07, 6.45) is 1.53. The van der Waals surface area contributed by atoms with Gasteiger partial charge in [-0.15, -0.1) is 0 Å². The molecule has 0 bridgehead atoms. The highest BCUT2D eigenvalue weighted by Gasteiger charge is 2.43. The van der Waals surface area contributed by atoms with E-state index in [1.54, 1.807) is 45.0 Å². The average molecular weight is 763 g/mol. The van der Waals surface area contributed by atoms with Crippen molar-refractivity contribution in [1.29, 1.82) is 0 Å². The van der Waals surface area contributed by atoms with Crippen LogP contribution in [0.25, 0.3) is 10.4 Å². The summed E-state index contributed by atoms with van der Waals surface area (Å²) in [5, 5.41) is 10.3. The van der Waals surface area contributed by atoms with Crippen LogP contribution in [-0.2, 0) is 35.1 Å². The Kier molecular flexibility index (Phi) is 19.1. The first kappa shape index (κ1) is 45.7. The third-order valence-electron chi connectivity index (χ3n) is 10.6. The van der Waals surface area contributed by atoms with E-state index in [0.717, 1.165) is 12.0 Å². The SMILES string of the molecule is CC[C@H](C)[C@@H]([C@@H](CC(=O)N1CCC[C@H]1[C@H](OC)[C@@H](C)C(=O)NCCc1ccc(Cl)cc1)OC)N(C)C(=O)[C@@H](NC(=O)[C@H](C(C)C)N(C)C)C(C)N=[N+]=[N-]. The molecule has 9 atom stereocenters. The minimum atomic E-state index is -1.14. The molecule has 1 saturated heterocycles. The van der Waals surface area contributed by atoms with E-state index in [4.69, 9.17) is 21.1 Å². The summed E-state index contributed by atoms with van der Waals surface area (Å²) in [5.74, 6) is -1.79. The number of carbonyl (C=O) groups is 4. The van der Waals surface area contributed by atoms with E-state index in [9.17, 15) is 24.7 Å². The number of nitrogens with zero attached hydrogens (tertiary/aromatic N) is 6. The minimum absolute atomic E-state index is 0.0172. The Morgan fingerprint density at radius 1 is 1.04 bits per heavy atom. The average Bonchev–Trinajstić information content (AvgIpc) is 3.60. The van der Waals surface area contributed by atoms with E-state index in [1.807, 2.05) is 58.9 Å². The van der Waals surface area contributed by atoms with E-state index in [-0.39, 0.29) is 42.0 Å². The van der Waals surface area contributed by atoms with Crippen molar-refractivity contribution < 1.29 is 28.7 Å². The molecule has 0 saturated carbocycles. The quantitative estimate of drug-likeness (QED) is 0.104. The van der Waals surface area contributed by atoms with Crippen molar-refractivity contribution in [3.63, 3.8) is 0 Å². The number of nitrogens with one attached hydrogen (secondary N) is 2. The second-order valence-electron chi connectivity index (χ2n) is 14.8. The Hall–Kier alpha value is -3.42. The van der Waals surface area contributed by atoms with E-state index in [2.05, 4.69) is 20.7 Å². The number of methoxy groups -OCH3 is 2. The second-order valence-corrected chi connectivity index (χ2v) is 15.3. The van der Waals surface area contributed by atoms with Crippen molar-refractivity contribution in [2.75, 3.05) is 48.5 Å². The van der Waals surface area contributed by atoms with Gasteiger partial charge in [-0.1, -0.05) is 76.8 Å². The number of halogens is 1. The van der Waals surface area contributed by atoms with Gasteiger partial charge in [0.05, 0.1) is 48.7 Å². The van der Waals surface area contributed by atoms with Gasteiger partial charge in [0, 0.05) is 44.3 Å². The largest absolute Gasteiger partial charge is 0.379 e. The third kappa shape index (κ3) is 12.6. The number of benzene rings is 1. The standard InChI is InChI=1S/C38H63ClN8O6/c1-12-24(4)34(46(9)38(51)32(26(6)43-44-40)42-37(50)33(23(2)3)45(7)8)30(52-10)22-31(48)47-21-13-14-29(47)35(53-11)25(5)36(49)41-20-19-27-15-17-28(39)18-16-27/h15-18,23-26,29-30,32-35H,12-14,19-22H2,1-11H3,(H,41,49)(H,42,50)/t24-,25+,26?,29-,30+,32-,33-,34-,35+/m0/s1. The van der Waals surface area contributed by atoms with Gasteiger partial charge in [0.15, 0.2) is 0 Å². The Labute approximate surface area is 321 Å². The number of carbonyl (C=O) groups excluding carboxylic acids is 4. The zero-order valence-corrected chi connectivity index (χ0v) is 34.3. The third-order valence-corrected chi connectivity index (χ3v) is 10.9. The van der Waals surface area contributed by atoms with Gasteiger partial charge < -0.3 is 29.9 Å². The summed E-state index contributed by atoms with van der Waals surface area (Å²) in [6.45, 7) is 12.2. The number of likely N-dealkylation sites (tertiary alicyclic amines) is 1. The molecule has 0 radical (unpaired) electrons. The van der Waals surface area contributed by atoms with Crippen molar-refractivity contribution in [2.24, 2.45) is 22.9 Å². The number of likely N-dealkylation sites (N-methyl/N-ethyl adjacent to an activating group) is 2. The zero-order valence-electron chi connectivity index (χ0n) is 33.5. The minimum Gasteiger partial charge on any atom is -0.379 e. The fraction of sp³-hybridized carbons (Fsp3) is 0.737. The first-order valence-electron chi connectivity index (χ1n) is 18.7. The zero-order chi connectivity index (χ0) is 40.0. The van der Waals surface area contributed by atoms with Gasteiger partial charge in [-0.05, 0) is 68.4 Å². The molecule has 298 valence electrons. The lowest BCUT2D eigenvalue weighted by Crippen LogP contribution is -2.60. The lowest BCUT2D eigenvalue weighted by atomic mass is 9.89. The molecule has 0 aromatic heterocycles. The van der Waals surface area contributed by atoms with Crippen LogP contribution in [0.3, 0.4) is 0 Å². The molecule has 15 heteroatoms. The second kappa shape index (κ2) is 22.1. The van der Waals surface area contributed by atoms with Gasteiger partial charge in [-0.3, -0.25) is 24.1 Å². The van der Waals surface area contributed by atoms with Crippen molar-refractivity contribution >= 4 is 35.2 Å². The molecule has 1 aromatic carbocycles. The maximum atomic E-state index is 14.3. The van der Waals surface area contributed by atoms with Crippen LogP contribution in [0.5, 0.6) is 0 Å². The van der Waals surface area contributed by atoms with Crippen LogP contribution in [0.4, 0.5) is 0 Å². The van der Waals surface area contributed by atoms with Crippen LogP contribution in [0.15, 0.2) is 29.4 Å². The summed E-state index contributed by atoms with van der Waals surface area (Å²) in [4.78, 5) is 63.1. The van der Waals surface area contributed by atoms with E-state index < -0.39 is 48.2 Å². The van der Waals surface area contributed by atoms with Crippen molar-refractivity contribution in [3.8, 4) is 0 Å². The highest BCUT2D eigenvalue weighted by Crippen LogP contribution is 2.29. The number of hydrogen-bond donors (Lipinski definition) is 2. The van der Waals surface area contributed by atoms with Crippen LogP contribution in [0.1, 0.15) is 72.8 Å². The molecule has 1 aromatic rings. The summed E-state index contributed by atoms with van der Waals surface area (Å²) in [7, 11) is 8.31. The molecule has 53 heavy (non-hydrogen) atoms. The van der Waals surface area contributed by atoms with E-state index in [1.165, 1.54) is 12.0 Å². The number of azide groups is 1. The van der Waals surface area contributed by atoms with Gasteiger partial charge in [0.1, 0.15) is 6.04 Å². The van der Waals surface area contributed by atoms with Crippen LogP contribution >= 0.6 is 11.6 Å². The van der Waals surface area contributed by atoms with Gasteiger partial charge in [-0.2, -0.15) is 0 Å². The molecule has 1 heterocycles.